The zero-order chi connectivity index (χ0) is 9.40. The lowest BCUT2D eigenvalue weighted by Gasteiger charge is -2.13. The molecule has 0 heterocycles. The second-order valence-electron chi connectivity index (χ2n) is 3.59. The maximum absolute atomic E-state index is 3.53. The van der Waals surface area contributed by atoms with Crippen molar-refractivity contribution in [2.24, 2.45) is 0 Å². The molecule has 0 aliphatic rings. The summed E-state index contributed by atoms with van der Waals surface area (Å²) in [5, 5.41) is 3.53. The Bertz CT molecular complexity index is 123. The molecule has 12 heavy (non-hydrogen) atoms. The highest BCUT2D eigenvalue weighted by atomic mass is 14.9. The highest BCUT2D eigenvalue weighted by Gasteiger charge is 2.00. The Morgan fingerprint density at radius 3 is 2.33 bits per heavy atom. The van der Waals surface area contributed by atoms with Crippen LogP contribution < -0.4 is 5.32 Å². The zero-order valence-electron chi connectivity index (χ0n) is 8.98. The first-order chi connectivity index (χ1) is 5.70. The van der Waals surface area contributed by atoms with Gasteiger partial charge in [-0.05, 0) is 33.2 Å². The van der Waals surface area contributed by atoms with Crippen LogP contribution in [0.2, 0.25) is 0 Å². The van der Waals surface area contributed by atoms with E-state index in [2.05, 4.69) is 39.1 Å². The van der Waals surface area contributed by atoms with Gasteiger partial charge in [0.1, 0.15) is 0 Å². The van der Waals surface area contributed by atoms with Crippen LogP contribution in [0.1, 0.15) is 47.0 Å². The van der Waals surface area contributed by atoms with Gasteiger partial charge >= 0.3 is 0 Å². The molecule has 1 heteroatoms. The Morgan fingerprint density at radius 2 is 1.92 bits per heavy atom. The average Bonchev–Trinajstić information content (AvgIpc) is 2.00. The van der Waals surface area contributed by atoms with Crippen molar-refractivity contribution in [3.05, 3.63) is 11.6 Å². The molecule has 0 aromatic rings. The molecule has 1 N–H and O–H groups in total. The molecule has 0 amide bonds. The average molecular weight is 169 g/mol. The van der Waals surface area contributed by atoms with E-state index in [1.54, 1.807) is 0 Å². The molecular weight excluding hydrogens is 146 g/mol. The van der Waals surface area contributed by atoms with E-state index in [4.69, 9.17) is 0 Å². The molecular formula is C11H23N. The van der Waals surface area contributed by atoms with Gasteiger partial charge in [-0.25, -0.2) is 0 Å². The minimum absolute atomic E-state index is 0.597. The molecule has 0 aromatic carbocycles. The fraction of sp³-hybridized carbons (Fsp3) is 0.818. The summed E-state index contributed by atoms with van der Waals surface area (Å²) in [6.07, 6.45) is 6.06. The van der Waals surface area contributed by atoms with Gasteiger partial charge in [-0.1, -0.05) is 31.9 Å². The SMILES string of the molecule is CCCNC(C=C(C)C)CCC. The molecule has 0 aromatic heterocycles. The van der Waals surface area contributed by atoms with E-state index < -0.39 is 0 Å². The van der Waals surface area contributed by atoms with Crippen LogP contribution in [0.5, 0.6) is 0 Å². The minimum Gasteiger partial charge on any atom is -0.311 e. The fourth-order valence-electron chi connectivity index (χ4n) is 1.29. The molecule has 0 saturated heterocycles. The Hall–Kier alpha value is -0.300. The second kappa shape index (κ2) is 7.35. The highest BCUT2D eigenvalue weighted by Crippen LogP contribution is 2.02. The second-order valence-corrected chi connectivity index (χ2v) is 3.59. The molecule has 0 spiro atoms. The normalized spacial score (nSPS) is 12.7. The van der Waals surface area contributed by atoms with Gasteiger partial charge in [0, 0.05) is 6.04 Å². The lowest BCUT2D eigenvalue weighted by atomic mass is 10.1. The third-order valence-electron chi connectivity index (χ3n) is 1.79. The summed E-state index contributed by atoms with van der Waals surface area (Å²) >= 11 is 0. The van der Waals surface area contributed by atoms with Crippen molar-refractivity contribution in [1.82, 2.24) is 5.32 Å². The van der Waals surface area contributed by atoms with Crippen molar-refractivity contribution in [3.8, 4) is 0 Å². The van der Waals surface area contributed by atoms with Gasteiger partial charge < -0.3 is 5.32 Å². The van der Waals surface area contributed by atoms with Crippen molar-refractivity contribution in [3.63, 3.8) is 0 Å². The van der Waals surface area contributed by atoms with E-state index in [1.807, 2.05) is 0 Å². The predicted octanol–water partition coefficient (Wildman–Crippen LogP) is 3.12. The Kier molecular flexibility index (Phi) is 7.17. The van der Waals surface area contributed by atoms with Crippen molar-refractivity contribution in [2.75, 3.05) is 6.54 Å². The standard InChI is InChI=1S/C11H23N/c1-5-7-11(9-10(3)4)12-8-6-2/h9,11-12H,5-8H2,1-4H3. The van der Waals surface area contributed by atoms with Gasteiger partial charge in [0.2, 0.25) is 0 Å². The highest BCUT2D eigenvalue weighted by molar-refractivity contribution is 5.00. The van der Waals surface area contributed by atoms with Gasteiger partial charge in [0.25, 0.3) is 0 Å². The van der Waals surface area contributed by atoms with Crippen molar-refractivity contribution in [1.29, 1.82) is 0 Å². The summed E-state index contributed by atoms with van der Waals surface area (Å²) in [5.41, 5.74) is 1.41. The summed E-state index contributed by atoms with van der Waals surface area (Å²) in [6.45, 7) is 9.90. The molecule has 1 nitrogen and oxygen atoms in total. The summed E-state index contributed by atoms with van der Waals surface area (Å²) in [5.74, 6) is 0. The molecule has 0 aliphatic heterocycles. The maximum atomic E-state index is 3.53. The van der Waals surface area contributed by atoms with Crippen LogP contribution in [-0.4, -0.2) is 12.6 Å². The first-order valence-corrected chi connectivity index (χ1v) is 5.09. The van der Waals surface area contributed by atoms with Gasteiger partial charge in [-0.2, -0.15) is 0 Å². The van der Waals surface area contributed by atoms with Crippen molar-refractivity contribution < 1.29 is 0 Å². The van der Waals surface area contributed by atoms with Gasteiger partial charge in [0.05, 0.1) is 0 Å². The molecule has 1 unspecified atom stereocenters. The molecule has 0 bridgehead atoms. The largest absolute Gasteiger partial charge is 0.311 e. The molecule has 0 saturated carbocycles. The fourth-order valence-corrected chi connectivity index (χ4v) is 1.29. The van der Waals surface area contributed by atoms with E-state index in [9.17, 15) is 0 Å². The van der Waals surface area contributed by atoms with Gasteiger partial charge in [-0.3, -0.25) is 0 Å². The van der Waals surface area contributed by atoms with Gasteiger partial charge in [-0.15, -0.1) is 0 Å². The number of allylic oxidation sites excluding steroid dienone is 1. The molecule has 72 valence electrons. The number of rotatable bonds is 6. The monoisotopic (exact) mass is 169 g/mol. The Balaban J connectivity index is 3.78. The van der Waals surface area contributed by atoms with Crippen molar-refractivity contribution >= 4 is 0 Å². The lowest BCUT2D eigenvalue weighted by molar-refractivity contribution is 0.545. The first kappa shape index (κ1) is 11.7. The Morgan fingerprint density at radius 1 is 1.25 bits per heavy atom. The smallest absolute Gasteiger partial charge is 0.0252 e. The number of hydrogen-bond acceptors (Lipinski definition) is 1. The summed E-state index contributed by atoms with van der Waals surface area (Å²) < 4.78 is 0. The van der Waals surface area contributed by atoms with Crippen LogP contribution in [-0.2, 0) is 0 Å². The lowest BCUT2D eigenvalue weighted by Crippen LogP contribution is -2.27. The van der Waals surface area contributed by atoms with E-state index in [-0.39, 0.29) is 0 Å². The van der Waals surface area contributed by atoms with E-state index in [0.29, 0.717) is 6.04 Å². The number of nitrogens with one attached hydrogen (secondary N) is 1. The molecule has 0 radical (unpaired) electrons. The Labute approximate surface area is 77.2 Å². The molecule has 1 atom stereocenters. The first-order valence-electron chi connectivity index (χ1n) is 5.09. The quantitative estimate of drug-likeness (QED) is 0.602. The predicted molar refractivity (Wildman–Crippen MR) is 56.4 cm³/mol. The summed E-state index contributed by atoms with van der Waals surface area (Å²) in [4.78, 5) is 0. The van der Waals surface area contributed by atoms with Crippen LogP contribution in [0.25, 0.3) is 0 Å². The van der Waals surface area contributed by atoms with Crippen molar-refractivity contribution in [2.45, 2.75) is 53.0 Å². The molecule has 0 aliphatic carbocycles. The van der Waals surface area contributed by atoms with Crippen LogP contribution in [0.4, 0.5) is 0 Å². The third kappa shape index (κ3) is 6.41. The summed E-state index contributed by atoms with van der Waals surface area (Å²) in [6, 6.07) is 0.597. The minimum atomic E-state index is 0.597. The van der Waals surface area contributed by atoms with Crippen LogP contribution in [0.3, 0.4) is 0 Å². The van der Waals surface area contributed by atoms with Crippen LogP contribution >= 0.6 is 0 Å². The van der Waals surface area contributed by atoms with Crippen LogP contribution in [0.15, 0.2) is 11.6 Å². The summed E-state index contributed by atoms with van der Waals surface area (Å²) in [7, 11) is 0. The maximum Gasteiger partial charge on any atom is 0.0252 e. The van der Waals surface area contributed by atoms with E-state index in [1.165, 1.54) is 24.8 Å². The number of hydrogen-bond donors (Lipinski definition) is 1. The zero-order valence-corrected chi connectivity index (χ0v) is 8.98. The van der Waals surface area contributed by atoms with Gasteiger partial charge in [0.15, 0.2) is 0 Å². The molecule has 0 rings (SSSR count). The molecule has 0 fully saturated rings. The van der Waals surface area contributed by atoms with E-state index in [0.717, 1.165) is 6.54 Å². The third-order valence-corrected chi connectivity index (χ3v) is 1.79. The van der Waals surface area contributed by atoms with E-state index >= 15 is 0 Å². The van der Waals surface area contributed by atoms with Crippen LogP contribution in [0, 0.1) is 0 Å². The topological polar surface area (TPSA) is 12.0 Å².